The molecule has 0 saturated carbocycles. The number of halogens is 3. The first-order valence-corrected chi connectivity index (χ1v) is 5.81. The Balaban J connectivity index is 2.06. The average molecular weight is 283 g/mol. The summed E-state index contributed by atoms with van der Waals surface area (Å²) in [6.45, 7) is -0.276. The molecule has 0 heterocycles. The van der Waals surface area contributed by atoms with Crippen LogP contribution in [0.25, 0.3) is 0 Å². The van der Waals surface area contributed by atoms with Crippen molar-refractivity contribution in [1.29, 1.82) is 0 Å². The molecule has 98 valence electrons. The first-order valence-electron chi connectivity index (χ1n) is 5.43. The molecule has 0 aliphatic rings. The minimum atomic E-state index is -0.667. The van der Waals surface area contributed by atoms with Crippen LogP contribution in [0.5, 0.6) is 0 Å². The van der Waals surface area contributed by atoms with Gasteiger partial charge in [-0.3, -0.25) is 0 Å². The maximum absolute atomic E-state index is 13.4. The minimum absolute atomic E-state index is 0.111. The number of ether oxygens (including phenoxy) is 1. The van der Waals surface area contributed by atoms with Gasteiger partial charge in [-0.2, -0.15) is 0 Å². The molecule has 0 unspecified atom stereocenters. The Hall–Kier alpha value is -1.94. The van der Waals surface area contributed by atoms with Gasteiger partial charge in [0.2, 0.25) is 0 Å². The van der Waals surface area contributed by atoms with Crippen molar-refractivity contribution in [3.8, 4) is 0 Å². The van der Waals surface area contributed by atoms with E-state index in [1.807, 2.05) is 0 Å². The molecule has 2 rings (SSSR count). The molecule has 19 heavy (non-hydrogen) atoms. The van der Waals surface area contributed by atoms with Crippen molar-refractivity contribution in [3.05, 3.63) is 70.2 Å². The summed E-state index contributed by atoms with van der Waals surface area (Å²) >= 11 is 5.80. The van der Waals surface area contributed by atoms with Crippen molar-refractivity contribution in [1.82, 2.24) is 0 Å². The number of carbonyl (C=O) groups excluding carboxylic acids is 1. The molecule has 0 fully saturated rings. The van der Waals surface area contributed by atoms with E-state index in [1.54, 1.807) is 0 Å². The molecule has 0 aliphatic carbocycles. The Morgan fingerprint density at radius 3 is 2.42 bits per heavy atom. The van der Waals surface area contributed by atoms with Crippen molar-refractivity contribution < 1.29 is 18.3 Å². The van der Waals surface area contributed by atoms with Crippen LogP contribution in [0.4, 0.5) is 8.78 Å². The standard InChI is InChI=1S/C14H9ClF2O2/c15-12-2-1-3-13(17)11(12)8-19-14(18)9-4-6-10(16)7-5-9/h1-7H,8H2. The maximum atomic E-state index is 13.4. The van der Waals surface area contributed by atoms with Gasteiger partial charge in [0.15, 0.2) is 0 Å². The number of hydrogen-bond acceptors (Lipinski definition) is 2. The molecule has 2 aromatic rings. The van der Waals surface area contributed by atoms with Crippen LogP contribution >= 0.6 is 11.6 Å². The second kappa shape index (κ2) is 5.80. The van der Waals surface area contributed by atoms with Crippen molar-refractivity contribution in [2.24, 2.45) is 0 Å². The fraction of sp³-hybridized carbons (Fsp3) is 0.0714. The zero-order chi connectivity index (χ0) is 13.8. The molecule has 0 aromatic heterocycles. The van der Waals surface area contributed by atoms with Crippen LogP contribution in [0, 0.1) is 11.6 Å². The van der Waals surface area contributed by atoms with Crippen LogP contribution in [-0.2, 0) is 11.3 Å². The van der Waals surface area contributed by atoms with Gasteiger partial charge >= 0.3 is 5.97 Å². The van der Waals surface area contributed by atoms with Gasteiger partial charge in [-0.25, -0.2) is 13.6 Å². The zero-order valence-corrected chi connectivity index (χ0v) is 10.5. The molecule has 0 N–H and O–H groups in total. The van der Waals surface area contributed by atoms with Crippen LogP contribution in [0.15, 0.2) is 42.5 Å². The molecule has 0 radical (unpaired) electrons. The molecule has 0 atom stereocenters. The summed E-state index contributed by atoms with van der Waals surface area (Å²) in [5.41, 5.74) is 0.300. The quantitative estimate of drug-likeness (QED) is 0.796. The Labute approximate surface area is 113 Å². The van der Waals surface area contributed by atoms with Crippen molar-refractivity contribution in [3.63, 3.8) is 0 Å². The van der Waals surface area contributed by atoms with E-state index in [2.05, 4.69) is 0 Å². The number of hydrogen-bond donors (Lipinski definition) is 0. The average Bonchev–Trinajstić information content (AvgIpc) is 2.38. The van der Waals surface area contributed by atoms with E-state index < -0.39 is 17.6 Å². The Morgan fingerprint density at radius 2 is 1.79 bits per heavy atom. The van der Waals surface area contributed by atoms with Gasteiger partial charge in [-0.05, 0) is 36.4 Å². The largest absolute Gasteiger partial charge is 0.457 e. The molecular weight excluding hydrogens is 274 g/mol. The molecule has 2 aromatic carbocycles. The SMILES string of the molecule is O=C(OCc1c(F)cccc1Cl)c1ccc(F)cc1. The van der Waals surface area contributed by atoms with Gasteiger partial charge < -0.3 is 4.74 Å². The monoisotopic (exact) mass is 282 g/mol. The van der Waals surface area contributed by atoms with Gasteiger partial charge in [0, 0.05) is 5.56 Å². The lowest BCUT2D eigenvalue weighted by molar-refractivity contribution is 0.0469. The number of carbonyl (C=O) groups is 1. The normalized spacial score (nSPS) is 10.3. The first-order chi connectivity index (χ1) is 9.08. The van der Waals surface area contributed by atoms with Crippen LogP contribution < -0.4 is 0 Å². The zero-order valence-electron chi connectivity index (χ0n) is 9.70. The second-order valence-electron chi connectivity index (χ2n) is 3.78. The predicted octanol–water partition coefficient (Wildman–Crippen LogP) is 3.98. The molecular formula is C14H9ClF2O2. The van der Waals surface area contributed by atoms with Gasteiger partial charge in [0.05, 0.1) is 10.6 Å². The molecule has 5 heteroatoms. The Kier molecular flexibility index (Phi) is 4.12. The molecule has 0 spiro atoms. The van der Waals surface area contributed by atoms with Gasteiger partial charge in [0.1, 0.15) is 18.2 Å². The number of esters is 1. The fourth-order valence-corrected chi connectivity index (χ4v) is 1.69. The first kappa shape index (κ1) is 13.5. The predicted molar refractivity (Wildman–Crippen MR) is 66.9 cm³/mol. The molecule has 0 amide bonds. The van der Waals surface area contributed by atoms with Crippen molar-refractivity contribution in [2.75, 3.05) is 0 Å². The fourth-order valence-electron chi connectivity index (χ4n) is 1.48. The Bertz CT molecular complexity index is 577. The highest BCUT2D eigenvalue weighted by molar-refractivity contribution is 6.31. The van der Waals surface area contributed by atoms with Crippen molar-refractivity contribution >= 4 is 17.6 Å². The summed E-state index contributed by atoms with van der Waals surface area (Å²) in [6.07, 6.45) is 0. The third kappa shape index (κ3) is 3.29. The van der Waals surface area contributed by atoms with E-state index in [0.29, 0.717) is 0 Å². The van der Waals surface area contributed by atoms with E-state index in [1.165, 1.54) is 30.3 Å². The van der Waals surface area contributed by atoms with Gasteiger partial charge in [0.25, 0.3) is 0 Å². The summed E-state index contributed by atoms with van der Waals surface area (Å²) in [7, 11) is 0. The lowest BCUT2D eigenvalue weighted by Crippen LogP contribution is -2.06. The van der Waals surface area contributed by atoms with E-state index >= 15 is 0 Å². The van der Waals surface area contributed by atoms with Crippen LogP contribution in [0.3, 0.4) is 0 Å². The number of rotatable bonds is 3. The molecule has 0 bridgehead atoms. The lowest BCUT2D eigenvalue weighted by atomic mass is 10.2. The van der Waals surface area contributed by atoms with E-state index in [-0.39, 0.29) is 22.8 Å². The molecule has 2 nitrogen and oxygen atoms in total. The topological polar surface area (TPSA) is 26.3 Å². The highest BCUT2D eigenvalue weighted by Gasteiger charge is 2.11. The van der Waals surface area contributed by atoms with E-state index in [4.69, 9.17) is 16.3 Å². The second-order valence-corrected chi connectivity index (χ2v) is 4.19. The summed E-state index contributed by atoms with van der Waals surface area (Å²) in [5, 5.41) is 0.187. The summed E-state index contributed by atoms with van der Waals surface area (Å²) in [6, 6.07) is 9.07. The van der Waals surface area contributed by atoms with Crippen LogP contribution in [-0.4, -0.2) is 5.97 Å². The van der Waals surface area contributed by atoms with Crippen molar-refractivity contribution in [2.45, 2.75) is 6.61 Å². The lowest BCUT2D eigenvalue weighted by Gasteiger charge is -2.07. The van der Waals surface area contributed by atoms with Gasteiger partial charge in [-0.15, -0.1) is 0 Å². The third-order valence-electron chi connectivity index (χ3n) is 2.49. The molecule has 0 saturated heterocycles. The third-order valence-corrected chi connectivity index (χ3v) is 2.84. The van der Waals surface area contributed by atoms with Crippen LogP contribution in [0.2, 0.25) is 5.02 Å². The molecule has 0 aliphatic heterocycles. The summed E-state index contributed by atoms with van der Waals surface area (Å²) < 4.78 is 31.0. The number of benzene rings is 2. The highest BCUT2D eigenvalue weighted by Crippen LogP contribution is 2.20. The summed E-state index contributed by atoms with van der Waals surface area (Å²) in [5.74, 6) is -1.66. The minimum Gasteiger partial charge on any atom is -0.457 e. The highest BCUT2D eigenvalue weighted by atomic mass is 35.5. The smallest absolute Gasteiger partial charge is 0.338 e. The van der Waals surface area contributed by atoms with E-state index in [9.17, 15) is 13.6 Å². The summed E-state index contributed by atoms with van der Waals surface area (Å²) in [4.78, 5) is 11.6. The maximum Gasteiger partial charge on any atom is 0.338 e. The van der Waals surface area contributed by atoms with E-state index in [0.717, 1.165) is 12.1 Å². The Morgan fingerprint density at radius 1 is 1.11 bits per heavy atom. The van der Waals surface area contributed by atoms with Crippen LogP contribution in [0.1, 0.15) is 15.9 Å². The van der Waals surface area contributed by atoms with Gasteiger partial charge in [-0.1, -0.05) is 17.7 Å².